The maximum absolute atomic E-state index is 13.6. The van der Waals surface area contributed by atoms with Gasteiger partial charge in [0.15, 0.2) is 4.90 Å². The van der Waals surface area contributed by atoms with Gasteiger partial charge in [0.25, 0.3) is 0 Å². The summed E-state index contributed by atoms with van der Waals surface area (Å²) in [7, 11) is -4.56. The first-order valence-electron chi connectivity index (χ1n) is 6.13. The molecule has 0 fully saturated rings. The second kappa shape index (κ2) is 6.05. The SMILES string of the molecule is C[C@H](NS(=O)(=O)c1c(F)cccc1F)c1ccc(F)cc1F. The van der Waals surface area contributed by atoms with Gasteiger partial charge in [0.2, 0.25) is 10.0 Å². The van der Waals surface area contributed by atoms with Gasteiger partial charge >= 0.3 is 0 Å². The summed E-state index contributed by atoms with van der Waals surface area (Å²) in [5, 5.41) is 0. The van der Waals surface area contributed by atoms with Crippen molar-refractivity contribution in [3.8, 4) is 0 Å². The van der Waals surface area contributed by atoms with Crippen LogP contribution >= 0.6 is 0 Å². The van der Waals surface area contributed by atoms with Gasteiger partial charge in [0, 0.05) is 17.7 Å². The van der Waals surface area contributed by atoms with Crippen LogP contribution in [0.1, 0.15) is 18.5 Å². The lowest BCUT2D eigenvalue weighted by atomic mass is 10.1. The van der Waals surface area contributed by atoms with Crippen molar-refractivity contribution in [1.29, 1.82) is 0 Å². The molecule has 0 radical (unpaired) electrons. The Morgan fingerprint density at radius 1 is 0.955 bits per heavy atom. The van der Waals surface area contributed by atoms with Gasteiger partial charge in [-0.05, 0) is 25.1 Å². The zero-order chi connectivity index (χ0) is 16.5. The van der Waals surface area contributed by atoms with Crippen molar-refractivity contribution in [2.75, 3.05) is 0 Å². The van der Waals surface area contributed by atoms with Crippen molar-refractivity contribution in [3.63, 3.8) is 0 Å². The third-order valence-corrected chi connectivity index (χ3v) is 4.54. The maximum atomic E-state index is 13.6. The third kappa shape index (κ3) is 3.28. The zero-order valence-corrected chi connectivity index (χ0v) is 12.1. The van der Waals surface area contributed by atoms with Gasteiger partial charge in [-0.15, -0.1) is 0 Å². The van der Waals surface area contributed by atoms with E-state index in [1.54, 1.807) is 0 Å². The smallest absolute Gasteiger partial charge is 0.207 e. The van der Waals surface area contributed by atoms with Crippen molar-refractivity contribution >= 4 is 10.0 Å². The Labute approximate surface area is 124 Å². The standard InChI is InChI=1S/C14H11F4NO2S/c1-8(10-6-5-9(15)7-13(10)18)19-22(20,21)14-11(16)3-2-4-12(14)17/h2-8,19H,1H3/t8-/m0/s1. The molecule has 2 aromatic rings. The van der Waals surface area contributed by atoms with Gasteiger partial charge < -0.3 is 0 Å². The van der Waals surface area contributed by atoms with Crippen molar-refractivity contribution in [2.24, 2.45) is 0 Å². The topological polar surface area (TPSA) is 46.2 Å². The zero-order valence-electron chi connectivity index (χ0n) is 11.3. The van der Waals surface area contributed by atoms with Gasteiger partial charge in [-0.1, -0.05) is 12.1 Å². The van der Waals surface area contributed by atoms with Crippen LogP contribution in [-0.4, -0.2) is 8.42 Å². The maximum Gasteiger partial charge on any atom is 0.246 e. The molecule has 0 aliphatic carbocycles. The molecule has 0 unspecified atom stereocenters. The Morgan fingerprint density at radius 3 is 2.09 bits per heavy atom. The van der Waals surface area contributed by atoms with Crippen LogP contribution in [0.25, 0.3) is 0 Å². The van der Waals surface area contributed by atoms with E-state index in [9.17, 15) is 26.0 Å². The van der Waals surface area contributed by atoms with E-state index in [0.717, 1.165) is 30.3 Å². The number of rotatable bonds is 4. The number of nitrogens with one attached hydrogen (secondary N) is 1. The van der Waals surface area contributed by atoms with Crippen molar-refractivity contribution < 1.29 is 26.0 Å². The van der Waals surface area contributed by atoms with Gasteiger partial charge in [0.05, 0.1) is 0 Å². The van der Waals surface area contributed by atoms with E-state index in [1.165, 1.54) is 6.92 Å². The molecule has 1 atom stereocenters. The number of hydrogen-bond acceptors (Lipinski definition) is 2. The first-order chi connectivity index (χ1) is 10.2. The Kier molecular flexibility index (Phi) is 4.52. The summed E-state index contributed by atoms with van der Waals surface area (Å²) in [5.41, 5.74) is -0.151. The van der Waals surface area contributed by atoms with E-state index in [0.29, 0.717) is 6.07 Å². The molecule has 0 saturated heterocycles. The predicted octanol–water partition coefficient (Wildman–Crippen LogP) is 3.28. The summed E-state index contributed by atoms with van der Waals surface area (Å²) in [6.07, 6.45) is 0. The summed E-state index contributed by atoms with van der Waals surface area (Å²) in [4.78, 5) is -1.15. The molecule has 22 heavy (non-hydrogen) atoms. The molecule has 1 N–H and O–H groups in total. The van der Waals surface area contributed by atoms with Crippen LogP contribution in [0.4, 0.5) is 17.6 Å². The van der Waals surface area contributed by atoms with Gasteiger partial charge in [-0.25, -0.2) is 30.7 Å². The van der Waals surface area contributed by atoms with Crippen molar-refractivity contribution in [1.82, 2.24) is 4.72 Å². The van der Waals surface area contributed by atoms with E-state index in [1.807, 2.05) is 4.72 Å². The summed E-state index contributed by atoms with van der Waals surface area (Å²) >= 11 is 0. The average molecular weight is 333 g/mol. The van der Waals surface area contributed by atoms with Crippen molar-refractivity contribution in [3.05, 3.63) is 65.2 Å². The van der Waals surface area contributed by atoms with E-state index in [2.05, 4.69) is 0 Å². The highest BCUT2D eigenvalue weighted by Crippen LogP contribution is 2.23. The monoisotopic (exact) mass is 333 g/mol. The Hall–Kier alpha value is -1.93. The fraction of sp³-hybridized carbons (Fsp3) is 0.143. The Balaban J connectivity index is 2.36. The molecule has 2 rings (SSSR count). The fourth-order valence-electron chi connectivity index (χ4n) is 1.95. The van der Waals surface area contributed by atoms with E-state index >= 15 is 0 Å². The van der Waals surface area contributed by atoms with Crippen LogP contribution in [0.2, 0.25) is 0 Å². The van der Waals surface area contributed by atoms with Gasteiger partial charge in [-0.2, -0.15) is 0 Å². The molecule has 0 spiro atoms. The predicted molar refractivity (Wildman–Crippen MR) is 71.5 cm³/mol. The Morgan fingerprint density at radius 2 is 1.55 bits per heavy atom. The molecule has 0 amide bonds. The van der Waals surface area contributed by atoms with Crippen LogP contribution in [0.15, 0.2) is 41.3 Å². The van der Waals surface area contributed by atoms with Gasteiger partial charge in [0.1, 0.15) is 23.3 Å². The average Bonchev–Trinajstić information content (AvgIpc) is 2.36. The first-order valence-corrected chi connectivity index (χ1v) is 7.62. The first kappa shape index (κ1) is 16.4. The van der Waals surface area contributed by atoms with E-state index in [4.69, 9.17) is 0 Å². The molecular weight excluding hydrogens is 322 g/mol. The van der Waals surface area contributed by atoms with Gasteiger partial charge in [-0.3, -0.25) is 0 Å². The molecule has 0 saturated carbocycles. The van der Waals surface area contributed by atoms with Crippen LogP contribution in [0, 0.1) is 23.3 Å². The molecule has 0 aliphatic rings. The van der Waals surface area contributed by atoms with E-state index in [-0.39, 0.29) is 5.56 Å². The number of benzene rings is 2. The minimum Gasteiger partial charge on any atom is -0.207 e. The highest BCUT2D eigenvalue weighted by molar-refractivity contribution is 7.89. The van der Waals surface area contributed by atoms with Crippen LogP contribution in [0.5, 0.6) is 0 Å². The van der Waals surface area contributed by atoms with Crippen LogP contribution in [0.3, 0.4) is 0 Å². The summed E-state index contributed by atoms with van der Waals surface area (Å²) in [5.74, 6) is -4.32. The minimum atomic E-state index is -4.56. The highest BCUT2D eigenvalue weighted by atomic mass is 32.2. The lowest BCUT2D eigenvalue weighted by molar-refractivity contribution is 0.505. The van der Waals surface area contributed by atoms with Crippen LogP contribution in [-0.2, 0) is 10.0 Å². The molecule has 0 aromatic heterocycles. The third-order valence-electron chi connectivity index (χ3n) is 2.95. The lowest BCUT2D eigenvalue weighted by Crippen LogP contribution is -2.29. The summed E-state index contributed by atoms with van der Waals surface area (Å²) < 4.78 is 79.6. The molecule has 8 heteroatoms. The molecule has 0 aliphatic heterocycles. The molecule has 3 nitrogen and oxygen atoms in total. The largest absolute Gasteiger partial charge is 0.246 e. The van der Waals surface area contributed by atoms with Crippen molar-refractivity contribution in [2.45, 2.75) is 17.9 Å². The summed E-state index contributed by atoms with van der Waals surface area (Å²) in [6, 6.07) is 4.05. The number of sulfonamides is 1. The molecular formula is C14H11F4NO2S. The number of hydrogen-bond donors (Lipinski definition) is 1. The summed E-state index contributed by atoms with van der Waals surface area (Å²) in [6.45, 7) is 1.27. The molecule has 0 bridgehead atoms. The molecule has 0 heterocycles. The quantitative estimate of drug-likeness (QED) is 0.873. The fourth-order valence-corrected chi connectivity index (χ4v) is 3.31. The second-order valence-electron chi connectivity index (χ2n) is 4.56. The highest BCUT2D eigenvalue weighted by Gasteiger charge is 2.26. The lowest BCUT2D eigenvalue weighted by Gasteiger charge is -2.16. The number of halogens is 4. The molecule has 2 aromatic carbocycles. The Bertz CT molecular complexity index is 788. The normalized spacial score (nSPS) is 13.1. The van der Waals surface area contributed by atoms with Crippen LogP contribution < -0.4 is 4.72 Å². The van der Waals surface area contributed by atoms with E-state index < -0.39 is 44.2 Å². The second-order valence-corrected chi connectivity index (χ2v) is 6.21. The molecule has 118 valence electrons. The minimum absolute atomic E-state index is 0.151.